The van der Waals surface area contributed by atoms with Crippen molar-refractivity contribution in [1.29, 1.82) is 0 Å². The summed E-state index contributed by atoms with van der Waals surface area (Å²) in [6.45, 7) is 3.27. The Labute approximate surface area is 124 Å². The average Bonchev–Trinajstić information content (AvgIpc) is 3.13. The SMILES string of the molecule is O=C(Nc1ccccc1CN1CCCC1)C1CSCN1. The van der Waals surface area contributed by atoms with Gasteiger partial charge in [-0.3, -0.25) is 15.0 Å². The number of carbonyl (C=O) groups excluding carboxylic acids is 1. The lowest BCUT2D eigenvalue weighted by molar-refractivity contribution is -0.117. The first-order valence-electron chi connectivity index (χ1n) is 7.25. The van der Waals surface area contributed by atoms with Crippen molar-refractivity contribution in [3.8, 4) is 0 Å². The second kappa shape index (κ2) is 6.61. The maximum Gasteiger partial charge on any atom is 0.242 e. The minimum Gasteiger partial charge on any atom is -0.324 e. The van der Waals surface area contributed by atoms with Crippen LogP contribution in [0, 0.1) is 0 Å². The molecule has 0 aromatic heterocycles. The van der Waals surface area contributed by atoms with Gasteiger partial charge in [-0.2, -0.15) is 0 Å². The molecule has 0 aliphatic carbocycles. The number of likely N-dealkylation sites (tertiary alicyclic amines) is 1. The number of hydrogen-bond donors (Lipinski definition) is 2. The normalized spacial score (nSPS) is 23.1. The molecule has 2 N–H and O–H groups in total. The third-order valence-electron chi connectivity index (χ3n) is 3.90. The van der Waals surface area contributed by atoms with Crippen LogP contribution in [0.2, 0.25) is 0 Å². The second-order valence-corrected chi connectivity index (χ2v) is 6.43. The van der Waals surface area contributed by atoms with Gasteiger partial charge in [0.1, 0.15) is 0 Å². The van der Waals surface area contributed by atoms with Gasteiger partial charge in [0.2, 0.25) is 5.91 Å². The Balaban J connectivity index is 1.66. The predicted molar refractivity (Wildman–Crippen MR) is 83.8 cm³/mol. The summed E-state index contributed by atoms with van der Waals surface area (Å²) in [5, 5.41) is 6.29. The number of nitrogens with one attached hydrogen (secondary N) is 2. The van der Waals surface area contributed by atoms with Crippen LogP contribution in [0.4, 0.5) is 5.69 Å². The van der Waals surface area contributed by atoms with Gasteiger partial charge >= 0.3 is 0 Å². The Morgan fingerprint density at radius 1 is 1.35 bits per heavy atom. The van der Waals surface area contributed by atoms with Crippen molar-refractivity contribution in [2.45, 2.75) is 25.4 Å². The minimum atomic E-state index is -0.0557. The number of thioether (sulfide) groups is 1. The highest BCUT2D eigenvalue weighted by Gasteiger charge is 2.23. The van der Waals surface area contributed by atoms with E-state index in [-0.39, 0.29) is 11.9 Å². The molecule has 1 aromatic rings. The van der Waals surface area contributed by atoms with Gasteiger partial charge in [0, 0.05) is 23.9 Å². The first kappa shape index (κ1) is 13.9. The Kier molecular flexibility index (Phi) is 4.60. The zero-order valence-electron chi connectivity index (χ0n) is 11.6. The highest BCUT2D eigenvalue weighted by Crippen LogP contribution is 2.21. The largest absolute Gasteiger partial charge is 0.324 e. The summed E-state index contributed by atoms with van der Waals surface area (Å²) in [7, 11) is 0. The van der Waals surface area contributed by atoms with Gasteiger partial charge in [0.15, 0.2) is 0 Å². The molecule has 4 nitrogen and oxygen atoms in total. The smallest absolute Gasteiger partial charge is 0.242 e. The van der Waals surface area contributed by atoms with Gasteiger partial charge in [0.25, 0.3) is 0 Å². The van der Waals surface area contributed by atoms with Crippen LogP contribution < -0.4 is 10.6 Å². The molecule has 1 amide bonds. The lowest BCUT2D eigenvalue weighted by Crippen LogP contribution is -2.37. The van der Waals surface area contributed by atoms with E-state index >= 15 is 0 Å². The molecule has 2 saturated heterocycles. The molecule has 5 heteroatoms. The van der Waals surface area contributed by atoms with Crippen molar-refractivity contribution in [2.75, 3.05) is 30.0 Å². The van der Waals surface area contributed by atoms with E-state index in [0.717, 1.165) is 23.9 Å². The van der Waals surface area contributed by atoms with Crippen molar-refractivity contribution in [1.82, 2.24) is 10.2 Å². The van der Waals surface area contributed by atoms with E-state index < -0.39 is 0 Å². The molecule has 0 radical (unpaired) electrons. The van der Waals surface area contributed by atoms with E-state index in [9.17, 15) is 4.79 Å². The molecule has 2 aliphatic rings. The summed E-state index contributed by atoms with van der Waals surface area (Å²) in [4.78, 5) is 14.7. The average molecular weight is 291 g/mol. The fourth-order valence-corrected chi connectivity index (χ4v) is 3.69. The summed E-state index contributed by atoms with van der Waals surface area (Å²) >= 11 is 1.77. The van der Waals surface area contributed by atoms with Crippen LogP contribution in [0.25, 0.3) is 0 Å². The van der Waals surface area contributed by atoms with E-state index in [1.54, 1.807) is 11.8 Å². The Morgan fingerprint density at radius 2 is 2.15 bits per heavy atom. The molecule has 2 fully saturated rings. The first-order valence-corrected chi connectivity index (χ1v) is 8.40. The predicted octanol–water partition coefficient (Wildman–Crippen LogP) is 1.88. The molecule has 0 saturated carbocycles. The highest BCUT2D eigenvalue weighted by atomic mass is 32.2. The maximum absolute atomic E-state index is 12.2. The number of nitrogens with zero attached hydrogens (tertiary/aromatic N) is 1. The monoisotopic (exact) mass is 291 g/mol. The molecule has 0 spiro atoms. The molecule has 108 valence electrons. The fourth-order valence-electron chi connectivity index (χ4n) is 2.75. The van der Waals surface area contributed by atoms with Crippen LogP contribution in [0.3, 0.4) is 0 Å². The van der Waals surface area contributed by atoms with E-state index in [4.69, 9.17) is 0 Å². The third kappa shape index (κ3) is 3.34. The van der Waals surface area contributed by atoms with Gasteiger partial charge in [-0.05, 0) is 37.6 Å². The van der Waals surface area contributed by atoms with Crippen LogP contribution in [-0.2, 0) is 11.3 Å². The van der Waals surface area contributed by atoms with Crippen LogP contribution in [0.5, 0.6) is 0 Å². The zero-order valence-corrected chi connectivity index (χ0v) is 12.4. The van der Waals surface area contributed by atoms with Gasteiger partial charge in [-0.25, -0.2) is 0 Å². The number of anilines is 1. The van der Waals surface area contributed by atoms with Crippen LogP contribution in [0.15, 0.2) is 24.3 Å². The highest BCUT2D eigenvalue weighted by molar-refractivity contribution is 7.99. The lowest BCUT2D eigenvalue weighted by Gasteiger charge is -2.18. The number of rotatable bonds is 4. The van der Waals surface area contributed by atoms with Crippen molar-refractivity contribution in [3.63, 3.8) is 0 Å². The van der Waals surface area contributed by atoms with Crippen LogP contribution in [0.1, 0.15) is 18.4 Å². The molecule has 20 heavy (non-hydrogen) atoms. The lowest BCUT2D eigenvalue weighted by atomic mass is 10.1. The number of amides is 1. The van der Waals surface area contributed by atoms with Crippen molar-refractivity contribution >= 4 is 23.4 Å². The summed E-state index contributed by atoms with van der Waals surface area (Å²) in [5.41, 5.74) is 2.18. The van der Waals surface area contributed by atoms with Crippen LogP contribution >= 0.6 is 11.8 Å². The van der Waals surface area contributed by atoms with Crippen molar-refractivity contribution in [3.05, 3.63) is 29.8 Å². The zero-order chi connectivity index (χ0) is 13.8. The maximum atomic E-state index is 12.2. The molecule has 1 atom stereocenters. The molecular weight excluding hydrogens is 270 g/mol. The van der Waals surface area contributed by atoms with Gasteiger partial charge in [0.05, 0.1) is 6.04 Å². The van der Waals surface area contributed by atoms with Gasteiger partial charge < -0.3 is 5.32 Å². The molecule has 0 bridgehead atoms. The van der Waals surface area contributed by atoms with Crippen molar-refractivity contribution in [2.24, 2.45) is 0 Å². The molecule has 3 rings (SSSR count). The molecule has 2 aliphatic heterocycles. The van der Waals surface area contributed by atoms with E-state index in [1.165, 1.54) is 31.5 Å². The Hall–Kier alpha value is -1.04. The van der Waals surface area contributed by atoms with Crippen molar-refractivity contribution < 1.29 is 4.79 Å². The summed E-state index contributed by atoms with van der Waals surface area (Å²) < 4.78 is 0. The van der Waals surface area contributed by atoms with E-state index in [2.05, 4.69) is 21.6 Å². The van der Waals surface area contributed by atoms with Crippen LogP contribution in [-0.4, -0.2) is 41.6 Å². The molecule has 1 unspecified atom stereocenters. The van der Waals surface area contributed by atoms with E-state index in [1.807, 2.05) is 18.2 Å². The topological polar surface area (TPSA) is 44.4 Å². The Bertz CT molecular complexity index is 468. The van der Waals surface area contributed by atoms with Gasteiger partial charge in [-0.1, -0.05) is 18.2 Å². The summed E-state index contributed by atoms with van der Waals surface area (Å²) in [6, 6.07) is 8.10. The molecular formula is C15H21N3OS. The molecule has 1 aromatic carbocycles. The van der Waals surface area contributed by atoms with Gasteiger partial charge in [-0.15, -0.1) is 11.8 Å². The second-order valence-electron chi connectivity index (χ2n) is 5.40. The first-order chi connectivity index (χ1) is 9.83. The number of benzene rings is 1. The Morgan fingerprint density at radius 3 is 2.90 bits per heavy atom. The standard InChI is InChI=1S/C15H21N3OS/c19-15(14-10-20-11-16-14)17-13-6-2-1-5-12(13)9-18-7-3-4-8-18/h1-2,5-6,14,16H,3-4,7-11H2,(H,17,19). The number of hydrogen-bond acceptors (Lipinski definition) is 4. The summed E-state index contributed by atoms with van der Waals surface area (Å²) in [6.07, 6.45) is 2.58. The quantitative estimate of drug-likeness (QED) is 0.889. The number of para-hydroxylation sites is 1. The summed E-state index contributed by atoms with van der Waals surface area (Å²) in [5.74, 6) is 1.82. The fraction of sp³-hybridized carbons (Fsp3) is 0.533. The molecule has 2 heterocycles. The third-order valence-corrected chi connectivity index (χ3v) is 4.84. The minimum absolute atomic E-state index is 0.0557. The van der Waals surface area contributed by atoms with E-state index in [0.29, 0.717) is 0 Å². The number of carbonyl (C=O) groups is 1.